The number of rotatable bonds is 1. The van der Waals surface area contributed by atoms with Crippen LogP contribution in [0.2, 0.25) is 0 Å². The topological polar surface area (TPSA) is 20.2 Å². The molecule has 78 valence electrons. The highest BCUT2D eigenvalue weighted by atomic mass is 32.1. The summed E-state index contributed by atoms with van der Waals surface area (Å²) in [5.41, 5.74) is 2.37. The Hall–Kier alpha value is -1.80. The van der Waals surface area contributed by atoms with Crippen LogP contribution in [0.5, 0.6) is 5.75 Å². The van der Waals surface area contributed by atoms with Gasteiger partial charge in [-0.1, -0.05) is 30.3 Å². The lowest BCUT2D eigenvalue weighted by Gasteiger charge is -2.03. The number of hydrogen-bond donors (Lipinski definition) is 1. The number of phenols is 1. The lowest BCUT2D eigenvalue weighted by atomic mass is 10.0. The number of fused-ring (bicyclic) bond motifs is 1. The lowest BCUT2D eigenvalue weighted by molar-refractivity contribution is 0.475. The molecule has 0 unspecified atom stereocenters. The van der Waals surface area contributed by atoms with Gasteiger partial charge >= 0.3 is 0 Å². The fraction of sp³-hybridized carbons (Fsp3) is 0. The second-order valence-corrected chi connectivity index (χ2v) is 4.61. The highest BCUT2D eigenvalue weighted by molar-refractivity contribution is 7.17. The van der Waals surface area contributed by atoms with E-state index in [4.69, 9.17) is 0 Å². The SMILES string of the molecule is Oc1ccc(-c2cccc3ccsc23)cc1. The van der Waals surface area contributed by atoms with Crippen molar-refractivity contribution >= 4 is 21.4 Å². The molecule has 0 aliphatic heterocycles. The molecule has 16 heavy (non-hydrogen) atoms. The largest absolute Gasteiger partial charge is 0.508 e. The van der Waals surface area contributed by atoms with E-state index < -0.39 is 0 Å². The first-order valence-corrected chi connectivity index (χ1v) is 5.98. The third kappa shape index (κ3) is 1.48. The smallest absolute Gasteiger partial charge is 0.115 e. The predicted octanol–water partition coefficient (Wildman–Crippen LogP) is 4.27. The Morgan fingerprint density at radius 2 is 1.69 bits per heavy atom. The van der Waals surface area contributed by atoms with Gasteiger partial charge in [-0.05, 0) is 40.1 Å². The van der Waals surface area contributed by atoms with Crippen molar-refractivity contribution in [1.29, 1.82) is 0 Å². The zero-order valence-corrected chi connectivity index (χ0v) is 9.37. The van der Waals surface area contributed by atoms with Crippen molar-refractivity contribution in [2.24, 2.45) is 0 Å². The minimum atomic E-state index is 0.308. The molecule has 0 fully saturated rings. The summed E-state index contributed by atoms with van der Waals surface area (Å²) in [5.74, 6) is 0.308. The maximum absolute atomic E-state index is 9.28. The standard InChI is InChI=1S/C14H10OS/c15-12-6-4-10(5-7-12)13-3-1-2-11-8-9-16-14(11)13/h1-9,15H. The van der Waals surface area contributed by atoms with Gasteiger partial charge in [0.1, 0.15) is 5.75 Å². The quantitative estimate of drug-likeness (QED) is 0.656. The third-order valence-corrected chi connectivity index (χ3v) is 3.62. The molecular weight excluding hydrogens is 216 g/mol. The normalized spacial score (nSPS) is 10.8. The molecule has 2 aromatic carbocycles. The number of aromatic hydroxyl groups is 1. The Balaban J connectivity index is 2.25. The second-order valence-electron chi connectivity index (χ2n) is 3.69. The summed E-state index contributed by atoms with van der Waals surface area (Å²) < 4.78 is 1.30. The van der Waals surface area contributed by atoms with E-state index >= 15 is 0 Å². The number of phenolic OH excluding ortho intramolecular Hbond substituents is 1. The van der Waals surface area contributed by atoms with Crippen LogP contribution in [0.4, 0.5) is 0 Å². The van der Waals surface area contributed by atoms with Gasteiger partial charge in [0.2, 0.25) is 0 Å². The van der Waals surface area contributed by atoms with Gasteiger partial charge in [-0.15, -0.1) is 11.3 Å². The molecule has 0 spiro atoms. The number of thiophene rings is 1. The summed E-state index contributed by atoms with van der Waals surface area (Å²) in [5, 5.41) is 12.7. The van der Waals surface area contributed by atoms with Crippen LogP contribution >= 0.6 is 11.3 Å². The molecule has 3 aromatic rings. The van der Waals surface area contributed by atoms with Gasteiger partial charge in [-0.25, -0.2) is 0 Å². The zero-order valence-electron chi connectivity index (χ0n) is 8.55. The van der Waals surface area contributed by atoms with E-state index in [1.54, 1.807) is 23.5 Å². The Bertz CT molecular complexity index is 623. The summed E-state index contributed by atoms with van der Waals surface area (Å²) in [4.78, 5) is 0. The third-order valence-electron chi connectivity index (χ3n) is 2.66. The molecule has 1 nitrogen and oxygen atoms in total. The van der Waals surface area contributed by atoms with Crippen LogP contribution in [0.3, 0.4) is 0 Å². The van der Waals surface area contributed by atoms with Crippen LogP contribution in [0, 0.1) is 0 Å². The first kappa shape index (κ1) is 9.43. The van der Waals surface area contributed by atoms with Crippen molar-refractivity contribution in [3.8, 4) is 16.9 Å². The monoisotopic (exact) mass is 226 g/mol. The Labute approximate surface area is 97.6 Å². The van der Waals surface area contributed by atoms with E-state index in [1.807, 2.05) is 12.1 Å². The molecule has 1 heterocycles. The maximum atomic E-state index is 9.28. The average Bonchev–Trinajstić information content (AvgIpc) is 2.78. The molecule has 0 bridgehead atoms. The number of benzene rings is 2. The van der Waals surface area contributed by atoms with Gasteiger partial charge in [0.05, 0.1) is 0 Å². The maximum Gasteiger partial charge on any atom is 0.115 e. The van der Waals surface area contributed by atoms with Crippen molar-refractivity contribution < 1.29 is 5.11 Å². The fourth-order valence-electron chi connectivity index (χ4n) is 1.86. The van der Waals surface area contributed by atoms with Crippen LogP contribution in [-0.4, -0.2) is 5.11 Å². The van der Waals surface area contributed by atoms with E-state index in [0.717, 1.165) is 5.56 Å². The summed E-state index contributed by atoms with van der Waals surface area (Å²) in [6, 6.07) is 15.8. The van der Waals surface area contributed by atoms with Crippen molar-refractivity contribution in [3.63, 3.8) is 0 Å². The lowest BCUT2D eigenvalue weighted by Crippen LogP contribution is -1.76. The van der Waals surface area contributed by atoms with E-state index in [1.165, 1.54) is 15.6 Å². The van der Waals surface area contributed by atoms with Crippen LogP contribution in [-0.2, 0) is 0 Å². The Kier molecular flexibility index (Phi) is 2.15. The summed E-state index contributed by atoms with van der Waals surface area (Å²) >= 11 is 1.75. The van der Waals surface area contributed by atoms with Gasteiger partial charge in [0, 0.05) is 4.70 Å². The minimum Gasteiger partial charge on any atom is -0.508 e. The molecule has 0 saturated heterocycles. The summed E-state index contributed by atoms with van der Waals surface area (Å²) in [7, 11) is 0. The molecule has 0 atom stereocenters. The van der Waals surface area contributed by atoms with Gasteiger partial charge in [-0.2, -0.15) is 0 Å². The fourth-order valence-corrected chi connectivity index (χ4v) is 2.80. The average molecular weight is 226 g/mol. The molecule has 1 N–H and O–H groups in total. The van der Waals surface area contributed by atoms with Gasteiger partial charge in [0.25, 0.3) is 0 Å². The Morgan fingerprint density at radius 3 is 2.50 bits per heavy atom. The number of hydrogen-bond acceptors (Lipinski definition) is 2. The van der Waals surface area contributed by atoms with E-state index in [-0.39, 0.29) is 0 Å². The van der Waals surface area contributed by atoms with Crippen LogP contribution in [0.1, 0.15) is 0 Å². The first-order valence-electron chi connectivity index (χ1n) is 5.10. The molecule has 3 rings (SSSR count). The van der Waals surface area contributed by atoms with E-state index in [0.29, 0.717) is 5.75 Å². The molecule has 0 aliphatic rings. The van der Waals surface area contributed by atoms with E-state index in [9.17, 15) is 5.11 Å². The van der Waals surface area contributed by atoms with Gasteiger partial charge in [0.15, 0.2) is 0 Å². The Morgan fingerprint density at radius 1 is 0.875 bits per heavy atom. The predicted molar refractivity (Wildman–Crippen MR) is 68.9 cm³/mol. The molecule has 0 saturated carbocycles. The highest BCUT2D eigenvalue weighted by Gasteiger charge is 2.04. The van der Waals surface area contributed by atoms with Crippen LogP contribution in [0.25, 0.3) is 21.2 Å². The van der Waals surface area contributed by atoms with Crippen molar-refractivity contribution in [1.82, 2.24) is 0 Å². The molecule has 0 aliphatic carbocycles. The van der Waals surface area contributed by atoms with Gasteiger partial charge in [-0.3, -0.25) is 0 Å². The van der Waals surface area contributed by atoms with Gasteiger partial charge < -0.3 is 5.11 Å². The van der Waals surface area contributed by atoms with E-state index in [2.05, 4.69) is 29.6 Å². The second kappa shape index (κ2) is 3.65. The zero-order chi connectivity index (χ0) is 11.0. The first-order chi connectivity index (χ1) is 7.84. The molecular formula is C14H10OS. The highest BCUT2D eigenvalue weighted by Crippen LogP contribution is 2.32. The summed E-state index contributed by atoms with van der Waals surface area (Å²) in [6.45, 7) is 0. The minimum absolute atomic E-state index is 0.308. The molecule has 0 amide bonds. The summed E-state index contributed by atoms with van der Waals surface area (Å²) in [6.07, 6.45) is 0. The molecule has 1 aromatic heterocycles. The van der Waals surface area contributed by atoms with Crippen LogP contribution < -0.4 is 0 Å². The molecule has 2 heteroatoms. The van der Waals surface area contributed by atoms with Crippen molar-refractivity contribution in [3.05, 3.63) is 53.9 Å². The van der Waals surface area contributed by atoms with Crippen molar-refractivity contribution in [2.75, 3.05) is 0 Å². The van der Waals surface area contributed by atoms with Crippen molar-refractivity contribution in [2.45, 2.75) is 0 Å². The van der Waals surface area contributed by atoms with Crippen LogP contribution in [0.15, 0.2) is 53.9 Å². The molecule has 0 radical (unpaired) electrons.